The van der Waals surface area contributed by atoms with Gasteiger partial charge in [0, 0.05) is 0 Å². The van der Waals surface area contributed by atoms with Gasteiger partial charge in [-0.3, -0.25) is 25.2 Å². The summed E-state index contributed by atoms with van der Waals surface area (Å²) >= 11 is 0. The SMILES string of the molecule is O=C1NC(=NCCOC2CCCCC2)NC1=O. The van der Waals surface area contributed by atoms with Crippen LogP contribution >= 0.6 is 0 Å². The molecule has 2 amide bonds. The zero-order valence-electron chi connectivity index (χ0n) is 9.70. The van der Waals surface area contributed by atoms with Crippen LogP contribution < -0.4 is 10.6 Å². The first-order valence-electron chi connectivity index (χ1n) is 6.04. The van der Waals surface area contributed by atoms with E-state index in [1.165, 1.54) is 19.3 Å². The van der Waals surface area contributed by atoms with Crippen molar-refractivity contribution in [2.45, 2.75) is 38.2 Å². The molecule has 0 bridgehead atoms. The number of guanidine groups is 1. The highest BCUT2D eigenvalue weighted by Gasteiger charge is 2.24. The van der Waals surface area contributed by atoms with Crippen molar-refractivity contribution >= 4 is 17.8 Å². The number of hydrogen-bond donors (Lipinski definition) is 2. The summed E-state index contributed by atoms with van der Waals surface area (Å²) in [5, 5.41) is 4.67. The number of nitrogens with zero attached hydrogens (tertiary/aromatic N) is 1. The van der Waals surface area contributed by atoms with E-state index >= 15 is 0 Å². The van der Waals surface area contributed by atoms with Gasteiger partial charge in [-0.1, -0.05) is 19.3 Å². The van der Waals surface area contributed by atoms with Crippen LogP contribution in [0.3, 0.4) is 0 Å². The molecule has 1 aliphatic carbocycles. The molecule has 1 saturated carbocycles. The summed E-state index contributed by atoms with van der Waals surface area (Å²) in [6.45, 7) is 0.978. The number of rotatable bonds is 4. The van der Waals surface area contributed by atoms with E-state index in [-0.39, 0.29) is 5.96 Å². The van der Waals surface area contributed by atoms with Crippen molar-refractivity contribution in [1.29, 1.82) is 0 Å². The van der Waals surface area contributed by atoms with Gasteiger partial charge in [-0.15, -0.1) is 0 Å². The smallest absolute Gasteiger partial charge is 0.316 e. The highest BCUT2D eigenvalue weighted by Crippen LogP contribution is 2.19. The molecule has 1 heterocycles. The largest absolute Gasteiger partial charge is 0.376 e. The first-order valence-corrected chi connectivity index (χ1v) is 6.04. The summed E-state index contributed by atoms with van der Waals surface area (Å²) in [7, 11) is 0. The van der Waals surface area contributed by atoms with Gasteiger partial charge in [0.1, 0.15) is 0 Å². The van der Waals surface area contributed by atoms with E-state index in [0.717, 1.165) is 12.8 Å². The maximum Gasteiger partial charge on any atom is 0.316 e. The molecule has 0 aromatic heterocycles. The minimum Gasteiger partial charge on any atom is -0.376 e. The molecule has 1 saturated heterocycles. The van der Waals surface area contributed by atoms with Gasteiger partial charge in [0.15, 0.2) is 0 Å². The Morgan fingerprint density at radius 3 is 2.41 bits per heavy atom. The number of ether oxygens (including phenoxy) is 1. The van der Waals surface area contributed by atoms with Gasteiger partial charge in [0.25, 0.3) is 0 Å². The third-order valence-electron chi connectivity index (χ3n) is 2.94. The van der Waals surface area contributed by atoms with E-state index in [9.17, 15) is 9.59 Å². The topological polar surface area (TPSA) is 79.8 Å². The molecule has 6 nitrogen and oxygen atoms in total. The number of hydrogen-bond acceptors (Lipinski definition) is 4. The Bertz CT molecular complexity index is 317. The summed E-state index contributed by atoms with van der Waals surface area (Å²) in [6, 6.07) is 0. The number of carbonyl (C=O) groups excluding carboxylic acids is 2. The van der Waals surface area contributed by atoms with Crippen molar-refractivity contribution in [1.82, 2.24) is 10.6 Å². The minimum atomic E-state index is -0.656. The average Bonchev–Trinajstić information content (AvgIpc) is 2.66. The summed E-state index contributed by atoms with van der Waals surface area (Å²) in [4.78, 5) is 25.7. The Morgan fingerprint density at radius 2 is 1.76 bits per heavy atom. The standard InChI is InChI=1S/C11H17N3O3/c15-9-10(16)14-11(13-9)12-6-7-17-8-4-2-1-3-5-8/h8H,1-7H2,(H2,12,13,14,15,16). The molecule has 2 rings (SSSR count). The molecule has 0 spiro atoms. The van der Waals surface area contributed by atoms with E-state index in [0.29, 0.717) is 19.3 Å². The number of aliphatic imine (C=N–C) groups is 1. The third kappa shape index (κ3) is 3.52. The molecule has 2 N–H and O–H groups in total. The maximum absolute atomic E-state index is 10.8. The number of nitrogens with one attached hydrogen (secondary N) is 2. The van der Waals surface area contributed by atoms with E-state index in [1.807, 2.05) is 0 Å². The molecule has 0 aromatic carbocycles. The van der Waals surface area contributed by atoms with E-state index in [4.69, 9.17) is 4.74 Å². The van der Waals surface area contributed by atoms with Crippen LogP contribution in [0.1, 0.15) is 32.1 Å². The zero-order chi connectivity index (χ0) is 12.1. The summed E-state index contributed by atoms with van der Waals surface area (Å²) in [5.74, 6) is -1.08. The highest BCUT2D eigenvalue weighted by atomic mass is 16.5. The van der Waals surface area contributed by atoms with Crippen molar-refractivity contribution in [2.75, 3.05) is 13.2 Å². The van der Waals surface area contributed by atoms with Crippen LogP contribution in [-0.4, -0.2) is 37.0 Å². The lowest BCUT2D eigenvalue weighted by molar-refractivity contribution is -0.135. The molecule has 6 heteroatoms. The van der Waals surface area contributed by atoms with Gasteiger partial charge in [-0.05, 0) is 12.8 Å². The normalized spacial score (nSPS) is 21.3. The summed E-state index contributed by atoms with van der Waals surface area (Å²) in [6.07, 6.45) is 6.40. The molecule has 0 radical (unpaired) electrons. The quantitative estimate of drug-likeness (QED) is 0.532. The molecular formula is C11H17N3O3. The number of carbonyl (C=O) groups is 2. The van der Waals surface area contributed by atoms with Crippen molar-refractivity contribution in [3.05, 3.63) is 0 Å². The minimum absolute atomic E-state index is 0.229. The van der Waals surface area contributed by atoms with Gasteiger partial charge >= 0.3 is 11.8 Å². The Balaban J connectivity index is 1.64. The van der Waals surface area contributed by atoms with Gasteiger partial charge in [0.2, 0.25) is 5.96 Å². The van der Waals surface area contributed by atoms with Gasteiger partial charge in [-0.25, -0.2) is 0 Å². The van der Waals surface area contributed by atoms with Crippen molar-refractivity contribution < 1.29 is 14.3 Å². The van der Waals surface area contributed by atoms with Crippen LogP contribution in [0.15, 0.2) is 4.99 Å². The average molecular weight is 239 g/mol. The van der Waals surface area contributed by atoms with E-state index in [2.05, 4.69) is 15.6 Å². The predicted molar refractivity (Wildman–Crippen MR) is 61.4 cm³/mol. The molecule has 2 fully saturated rings. The Hall–Kier alpha value is -1.43. The lowest BCUT2D eigenvalue weighted by Crippen LogP contribution is -2.26. The van der Waals surface area contributed by atoms with Crippen molar-refractivity contribution in [2.24, 2.45) is 4.99 Å². The lowest BCUT2D eigenvalue weighted by Gasteiger charge is -2.21. The Labute approximate surface area is 99.8 Å². The Morgan fingerprint density at radius 1 is 1.12 bits per heavy atom. The van der Waals surface area contributed by atoms with Crippen LogP contribution in [0.5, 0.6) is 0 Å². The van der Waals surface area contributed by atoms with Crippen LogP contribution in [-0.2, 0) is 14.3 Å². The molecule has 94 valence electrons. The molecule has 0 unspecified atom stereocenters. The molecule has 17 heavy (non-hydrogen) atoms. The van der Waals surface area contributed by atoms with Crippen LogP contribution in [0.25, 0.3) is 0 Å². The lowest BCUT2D eigenvalue weighted by atomic mass is 9.98. The van der Waals surface area contributed by atoms with Gasteiger partial charge in [0.05, 0.1) is 19.3 Å². The second-order valence-corrected chi connectivity index (χ2v) is 4.27. The zero-order valence-corrected chi connectivity index (χ0v) is 9.70. The second-order valence-electron chi connectivity index (χ2n) is 4.27. The monoisotopic (exact) mass is 239 g/mol. The third-order valence-corrected chi connectivity index (χ3v) is 2.94. The summed E-state index contributed by atoms with van der Waals surface area (Å²) < 4.78 is 5.66. The van der Waals surface area contributed by atoms with E-state index < -0.39 is 11.8 Å². The molecule has 2 aliphatic rings. The molecule has 0 aromatic rings. The van der Waals surface area contributed by atoms with Crippen LogP contribution in [0.4, 0.5) is 0 Å². The maximum atomic E-state index is 10.8. The fourth-order valence-electron chi connectivity index (χ4n) is 2.05. The number of amides is 2. The van der Waals surface area contributed by atoms with E-state index in [1.54, 1.807) is 0 Å². The molecule has 1 aliphatic heterocycles. The van der Waals surface area contributed by atoms with Gasteiger partial charge in [-0.2, -0.15) is 0 Å². The first-order chi connectivity index (χ1) is 8.25. The Kier molecular flexibility index (Phi) is 4.08. The molecular weight excluding hydrogens is 222 g/mol. The second kappa shape index (κ2) is 5.77. The van der Waals surface area contributed by atoms with Crippen molar-refractivity contribution in [3.63, 3.8) is 0 Å². The predicted octanol–water partition coefficient (Wildman–Crippen LogP) is -0.0623. The fourth-order valence-corrected chi connectivity index (χ4v) is 2.05. The van der Waals surface area contributed by atoms with Crippen LogP contribution in [0.2, 0.25) is 0 Å². The van der Waals surface area contributed by atoms with Gasteiger partial charge < -0.3 is 4.74 Å². The fraction of sp³-hybridized carbons (Fsp3) is 0.727. The summed E-state index contributed by atoms with van der Waals surface area (Å²) in [5.41, 5.74) is 0. The molecule has 0 atom stereocenters. The van der Waals surface area contributed by atoms with Crippen LogP contribution in [0, 0.1) is 0 Å². The van der Waals surface area contributed by atoms with Crippen molar-refractivity contribution in [3.8, 4) is 0 Å². The first kappa shape index (κ1) is 12.0. The highest BCUT2D eigenvalue weighted by molar-refractivity contribution is 6.45.